The molecule has 1 aromatic heterocycles. The Bertz CT molecular complexity index is 951. The molecule has 1 unspecified atom stereocenters. The maximum Gasteiger partial charge on any atom is 0.0478 e. The summed E-state index contributed by atoms with van der Waals surface area (Å²) in [6, 6.07) is 18.9. The Morgan fingerprint density at radius 2 is 1.86 bits per heavy atom. The van der Waals surface area contributed by atoms with E-state index in [0.717, 1.165) is 0 Å². The Labute approximate surface area is 174 Å². The van der Waals surface area contributed by atoms with Gasteiger partial charge >= 0.3 is 0 Å². The van der Waals surface area contributed by atoms with E-state index in [4.69, 9.17) is 0 Å². The summed E-state index contributed by atoms with van der Waals surface area (Å²) >= 11 is 0. The molecule has 1 aliphatic heterocycles. The highest BCUT2D eigenvalue weighted by molar-refractivity contribution is 5.85. The number of aromatic nitrogens is 1. The van der Waals surface area contributed by atoms with Crippen molar-refractivity contribution in [3.63, 3.8) is 0 Å². The van der Waals surface area contributed by atoms with Crippen molar-refractivity contribution in [1.29, 1.82) is 0 Å². The molecule has 1 saturated heterocycles. The Balaban J connectivity index is 1.19. The smallest absolute Gasteiger partial charge is 0.0478 e. The molecule has 2 heterocycles. The first-order valence-electron chi connectivity index (χ1n) is 11.4. The number of piperidine rings is 1. The van der Waals surface area contributed by atoms with Gasteiger partial charge in [-0.2, -0.15) is 0 Å². The fourth-order valence-electron chi connectivity index (χ4n) is 5.28. The van der Waals surface area contributed by atoms with E-state index in [2.05, 4.69) is 70.7 Å². The third kappa shape index (κ3) is 4.12. The predicted molar refractivity (Wildman–Crippen MR) is 121 cm³/mol. The lowest BCUT2D eigenvalue weighted by Gasteiger charge is -2.35. The Hall–Kier alpha value is -2.10. The average molecular weight is 388 g/mol. The lowest BCUT2D eigenvalue weighted by atomic mass is 9.90. The molecule has 3 aromatic rings. The van der Waals surface area contributed by atoms with E-state index in [9.17, 15) is 0 Å². The topological polar surface area (TPSA) is 31.1 Å². The molecule has 1 fully saturated rings. The second-order valence-corrected chi connectivity index (χ2v) is 9.03. The molecule has 1 atom stereocenters. The third-order valence-corrected chi connectivity index (χ3v) is 6.95. The molecular formula is C26H33N3. The largest absolute Gasteiger partial charge is 0.357 e. The fraction of sp³-hybridized carbons (Fsp3) is 0.462. The molecule has 3 heteroatoms. The molecular weight excluding hydrogens is 354 g/mol. The van der Waals surface area contributed by atoms with Gasteiger partial charge in [0.25, 0.3) is 0 Å². The number of hydrogen-bond donors (Lipinski definition) is 2. The Morgan fingerprint density at radius 1 is 1.03 bits per heavy atom. The van der Waals surface area contributed by atoms with Crippen molar-refractivity contribution in [2.75, 3.05) is 19.6 Å². The van der Waals surface area contributed by atoms with Gasteiger partial charge in [0.1, 0.15) is 0 Å². The van der Waals surface area contributed by atoms with E-state index < -0.39 is 0 Å². The van der Waals surface area contributed by atoms with Crippen LogP contribution in [0.15, 0.2) is 48.5 Å². The Kier molecular flexibility index (Phi) is 5.43. The van der Waals surface area contributed by atoms with Crippen molar-refractivity contribution in [3.05, 3.63) is 70.9 Å². The molecule has 152 valence electrons. The van der Waals surface area contributed by atoms with Crippen LogP contribution in [0.25, 0.3) is 10.9 Å². The molecule has 5 rings (SSSR count). The van der Waals surface area contributed by atoms with Crippen molar-refractivity contribution < 1.29 is 0 Å². The van der Waals surface area contributed by atoms with Crippen LogP contribution >= 0.6 is 0 Å². The number of rotatable bonds is 5. The lowest BCUT2D eigenvalue weighted by Crippen LogP contribution is -2.44. The number of nitrogens with zero attached hydrogens (tertiary/aromatic N) is 1. The van der Waals surface area contributed by atoms with Crippen LogP contribution in [0.1, 0.15) is 54.1 Å². The van der Waals surface area contributed by atoms with Crippen molar-refractivity contribution >= 4 is 10.9 Å². The van der Waals surface area contributed by atoms with Crippen molar-refractivity contribution in [1.82, 2.24) is 15.2 Å². The summed E-state index contributed by atoms with van der Waals surface area (Å²) in [5.41, 5.74) is 7.15. The summed E-state index contributed by atoms with van der Waals surface area (Å²) in [6.45, 7) is 5.82. The summed E-state index contributed by atoms with van der Waals surface area (Å²) in [7, 11) is 0. The number of aromatic amines is 1. The molecule has 2 aliphatic rings. The highest BCUT2D eigenvalue weighted by Gasteiger charge is 2.27. The average Bonchev–Trinajstić information content (AvgIpc) is 3.13. The molecule has 0 amide bonds. The zero-order valence-electron chi connectivity index (χ0n) is 17.6. The normalized spacial score (nSPS) is 20.8. The first-order valence-corrected chi connectivity index (χ1v) is 11.4. The van der Waals surface area contributed by atoms with E-state index in [-0.39, 0.29) is 0 Å². The van der Waals surface area contributed by atoms with E-state index in [0.29, 0.717) is 12.1 Å². The van der Waals surface area contributed by atoms with Crippen molar-refractivity contribution in [2.24, 2.45) is 0 Å². The zero-order chi connectivity index (χ0) is 19.6. The van der Waals surface area contributed by atoms with E-state index in [1.807, 2.05) is 0 Å². The van der Waals surface area contributed by atoms with Gasteiger partial charge < -0.3 is 15.2 Å². The minimum Gasteiger partial charge on any atom is -0.357 e. The molecule has 0 radical (unpaired) electrons. The number of benzene rings is 2. The van der Waals surface area contributed by atoms with Gasteiger partial charge in [0, 0.05) is 35.2 Å². The fourth-order valence-corrected chi connectivity index (χ4v) is 5.28. The summed E-state index contributed by atoms with van der Waals surface area (Å²) in [4.78, 5) is 6.40. The number of aryl methyl sites for hydroxylation is 2. The van der Waals surface area contributed by atoms with Crippen LogP contribution in [0.3, 0.4) is 0 Å². The molecule has 0 saturated carbocycles. The van der Waals surface area contributed by atoms with Gasteiger partial charge in [0.2, 0.25) is 0 Å². The summed E-state index contributed by atoms with van der Waals surface area (Å²) in [6.07, 6.45) is 7.46. The van der Waals surface area contributed by atoms with E-state index in [1.54, 1.807) is 5.56 Å². The van der Waals surface area contributed by atoms with Gasteiger partial charge in [-0.25, -0.2) is 0 Å². The number of hydrogen-bond acceptors (Lipinski definition) is 2. The van der Waals surface area contributed by atoms with Crippen LogP contribution < -0.4 is 5.32 Å². The number of nitrogens with one attached hydrogen (secondary N) is 2. The summed E-state index contributed by atoms with van der Waals surface area (Å²) in [5, 5.41) is 5.47. The number of likely N-dealkylation sites (tertiary alicyclic amines) is 1. The first kappa shape index (κ1) is 18.9. The van der Waals surface area contributed by atoms with Gasteiger partial charge in [0.15, 0.2) is 0 Å². The van der Waals surface area contributed by atoms with Gasteiger partial charge in [-0.15, -0.1) is 0 Å². The maximum absolute atomic E-state index is 4.03. The van der Waals surface area contributed by atoms with Gasteiger partial charge in [-0.3, -0.25) is 0 Å². The highest BCUT2D eigenvalue weighted by atomic mass is 15.1. The minimum absolute atomic E-state index is 0.493. The third-order valence-electron chi connectivity index (χ3n) is 6.95. The standard InChI is InChI=1S/C26H33N3/c1-19-10-11-24-23(18-19)22-8-5-9-25(26(22)28-24)27-21-13-16-29(17-14-21)15-12-20-6-3-2-4-7-20/h2-4,6-7,10-11,18,21,25,27-28H,5,8-9,12-17H2,1H3. The second-order valence-electron chi connectivity index (χ2n) is 9.03. The minimum atomic E-state index is 0.493. The van der Waals surface area contributed by atoms with E-state index in [1.165, 1.54) is 85.9 Å². The van der Waals surface area contributed by atoms with Gasteiger partial charge in [-0.1, -0.05) is 42.0 Å². The van der Waals surface area contributed by atoms with E-state index >= 15 is 0 Å². The molecule has 0 bridgehead atoms. The first-order chi connectivity index (χ1) is 14.3. The van der Waals surface area contributed by atoms with Gasteiger partial charge in [0.05, 0.1) is 0 Å². The number of H-pyrrole nitrogens is 1. The van der Waals surface area contributed by atoms with Crippen LogP contribution in [0, 0.1) is 6.92 Å². The summed E-state index contributed by atoms with van der Waals surface area (Å²) in [5.74, 6) is 0. The molecule has 2 N–H and O–H groups in total. The zero-order valence-corrected chi connectivity index (χ0v) is 17.6. The maximum atomic E-state index is 4.03. The quantitative estimate of drug-likeness (QED) is 0.634. The van der Waals surface area contributed by atoms with Crippen molar-refractivity contribution in [3.8, 4) is 0 Å². The van der Waals surface area contributed by atoms with Crippen molar-refractivity contribution in [2.45, 2.75) is 57.5 Å². The number of fused-ring (bicyclic) bond motifs is 3. The summed E-state index contributed by atoms with van der Waals surface area (Å²) < 4.78 is 0. The van der Waals surface area contributed by atoms with Crippen LogP contribution in [-0.2, 0) is 12.8 Å². The van der Waals surface area contributed by atoms with Crippen LogP contribution in [-0.4, -0.2) is 35.6 Å². The monoisotopic (exact) mass is 387 g/mol. The SMILES string of the molecule is Cc1ccc2[nH]c3c(c2c1)CCCC3NC1CCN(CCc2ccccc2)CC1. The van der Waals surface area contributed by atoms with Gasteiger partial charge in [-0.05, 0) is 81.8 Å². The highest BCUT2D eigenvalue weighted by Crippen LogP contribution is 2.35. The molecule has 3 nitrogen and oxygen atoms in total. The molecule has 2 aromatic carbocycles. The molecule has 29 heavy (non-hydrogen) atoms. The molecule has 1 aliphatic carbocycles. The van der Waals surface area contributed by atoms with Crippen LogP contribution in [0.2, 0.25) is 0 Å². The Morgan fingerprint density at radius 3 is 2.69 bits per heavy atom. The lowest BCUT2D eigenvalue weighted by molar-refractivity contribution is 0.189. The predicted octanol–water partition coefficient (Wildman–Crippen LogP) is 5.15. The molecule has 0 spiro atoms. The van der Waals surface area contributed by atoms with Crippen LogP contribution in [0.5, 0.6) is 0 Å². The van der Waals surface area contributed by atoms with Crippen LogP contribution in [0.4, 0.5) is 0 Å². The second kappa shape index (κ2) is 8.33.